The molecule has 0 unspecified atom stereocenters. The van der Waals surface area contributed by atoms with Crippen LogP contribution in [0.5, 0.6) is 11.6 Å². The number of esters is 1. The van der Waals surface area contributed by atoms with Gasteiger partial charge in [-0.3, -0.25) is 4.79 Å². The number of nitrogens with zero attached hydrogens (tertiary/aromatic N) is 1. The molecule has 0 saturated carbocycles. The van der Waals surface area contributed by atoms with E-state index in [1.807, 2.05) is 43.3 Å². The van der Waals surface area contributed by atoms with Crippen molar-refractivity contribution in [3.63, 3.8) is 0 Å². The van der Waals surface area contributed by atoms with Gasteiger partial charge >= 0.3 is 5.97 Å². The van der Waals surface area contributed by atoms with Crippen molar-refractivity contribution in [2.75, 3.05) is 6.61 Å². The van der Waals surface area contributed by atoms with E-state index >= 15 is 0 Å². The first kappa shape index (κ1) is 20.8. The minimum atomic E-state index is -0.611. The maximum Gasteiger partial charge on any atom is 0.339 e. The van der Waals surface area contributed by atoms with Crippen LogP contribution in [0.3, 0.4) is 0 Å². The van der Waals surface area contributed by atoms with E-state index in [4.69, 9.17) is 9.47 Å². The van der Waals surface area contributed by atoms with Gasteiger partial charge in [0.2, 0.25) is 5.88 Å². The number of rotatable bonds is 6. The summed E-state index contributed by atoms with van der Waals surface area (Å²) < 4.78 is 12.1. The zero-order valence-corrected chi connectivity index (χ0v) is 18.3. The van der Waals surface area contributed by atoms with Crippen molar-refractivity contribution in [2.45, 2.75) is 6.92 Å². The van der Waals surface area contributed by atoms with Gasteiger partial charge in [0.1, 0.15) is 5.75 Å². The molecular weight excluding hydrogens is 458 g/mol. The topological polar surface area (TPSA) is 65.5 Å². The highest BCUT2D eigenvalue weighted by Crippen LogP contribution is 2.27. The Morgan fingerprint density at radius 1 is 0.935 bits per heavy atom. The fraction of sp³-hybridized carbons (Fsp3) is 0.0800. The van der Waals surface area contributed by atoms with E-state index in [0.717, 1.165) is 10.0 Å². The first-order valence-corrected chi connectivity index (χ1v) is 10.4. The number of ketones is 1. The third-order valence-corrected chi connectivity index (χ3v) is 5.19. The Morgan fingerprint density at radius 3 is 2.39 bits per heavy atom. The van der Waals surface area contributed by atoms with E-state index in [1.165, 1.54) is 6.07 Å². The molecule has 0 fully saturated rings. The van der Waals surface area contributed by atoms with Gasteiger partial charge in [-0.1, -0.05) is 64.0 Å². The summed E-state index contributed by atoms with van der Waals surface area (Å²) >= 11 is 3.38. The third kappa shape index (κ3) is 4.98. The third-order valence-electron chi connectivity index (χ3n) is 4.66. The summed E-state index contributed by atoms with van der Waals surface area (Å²) in [5, 5.41) is 0.624. The number of aromatic nitrogens is 1. The molecule has 5 nitrogen and oxygen atoms in total. The lowest BCUT2D eigenvalue weighted by atomic mass is 10.1. The molecule has 6 heteroatoms. The number of aryl methyl sites for hydroxylation is 1. The Bertz CT molecular complexity index is 1250. The first-order chi connectivity index (χ1) is 15.0. The SMILES string of the molecule is Cc1ccc(C(=O)COC(=O)c2cc(Oc3ccc(Br)cc3)nc3ccccc23)cc1. The quantitative estimate of drug-likeness (QED) is 0.247. The largest absolute Gasteiger partial charge is 0.454 e. The summed E-state index contributed by atoms with van der Waals surface area (Å²) in [5.74, 6) is -0.0320. The average molecular weight is 476 g/mol. The molecule has 0 N–H and O–H groups in total. The summed E-state index contributed by atoms with van der Waals surface area (Å²) in [6.07, 6.45) is 0. The predicted octanol–water partition coefficient (Wildman–Crippen LogP) is 6.14. The van der Waals surface area contributed by atoms with Crippen LogP contribution in [0.1, 0.15) is 26.3 Å². The van der Waals surface area contributed by atoms with Crippen LogP contribution in [0.25, 0.3) is 10.9 Å². The number of carbonyl (C=O) groups is 2. The van der Waals surface area contributed by atoms with Crippen molar-refractivity contribution in [3.05, 3.63) is 100 Å². The zero-order chi connectivity index (χ0) is 21.8. The molecule has 4 rings (SSSR count). The second-order valence-electron chi connectivity index (χ2n) is 6.95. The molecule has 3 aromatic carbocycles. The Balaban J connectivity index is 1.57. The van der Waals surface area contributed by atoms with Gasteiger partial charge < -0.3 is 9.47 Å². The van der Waals surface area contributed by atoms with Crippen molar-refractivity contribution >= 4 is 38.6 Å². The van der Waals surface area contributed by atoms with Crippen molar-refractivity contribution in [3.8, 4) is 11.6 Å². The summed E-state index contributed by atoms with van der Waals surface area (Å²) in [4.78, 5) is 29.7. The lowest BCUT2D eigenvalue weighted by molar-refractivity contribution is 0.0476. The fourth-order valence-electron chi connectivity index (χ4n) is 3.03. The van der Waals surface area contributed by atoms with Crippen LogP contribution in [-0.2, 0) is 4.74 Å². The molecule has 0 atom stereocenters. The maximum absolute atomic E-state index is 12.8. The number of ether oxygens (including phenoxy) is 2. The van der Waals surface area contributed by atoms with Crippen LogP contribution in [0.4, 0.5) is 0 Å². The summed E-state index contributed by atoms with van der Waals surface area (Å²) in [7, 11) is 0. The molecule has 0 amide bonds. The Labute approximate surface area is 187 Å². The number of Topliss-reactive ketones (excluding diaryl/α,β-unsaturated/α-hetero) is 1. The van der Waals surface area contributed by atoms with Gasteiger partial charge in [-0.25, -0.2) is 9.78 Å². The van der Waals surface area contributed by atoms with Gasteiger partial charge in [0.15, 0.2) is 12.4 Å². The van der Waals surface area contributed by atoms with E-state index in [1.54, 1.807) is 36.4 Å². The predicted molar refractivity (Wildman–Crippen MR) is 122 cm³/mol. The van der Waals surface area contributed by atoms with E-state index < -0.39 is 5.97 Å². The van der Waals surface area contributed by atoms with Crippen LogP contribution in [0.2, 0.25) is 0 Å². The van der Waals surface area contributed by atoms with Crippen LogP contribution in [0.15, 0.2) is 83.3 Å². The Kier molecular flexibility index (Phi) is 6.09. The molecule has 0 aliphatic carbocycles. The molecule has 0 spiro atoms. The van der Waals surface area contributed by atoms with Crippen LogP contribution < -0.4 is 4.74 Å². The number of hydrogen-bond donors (Lipinski definition) is 0. The van der Waals surface area contributed by atoms with Crippen molar-refractivity contribution in [2.24, 2.45) is 0 Å². The monoisotopic (exact) mass is 475 g/mol. The number of fused-ring (bicyclic) bond motifs is 1. The molecule has 1 heterocycles. The normalized spacial score (nSPS) is 10.6. The Morgan fingerprint density at radius 2 is 1.65 bits per heavy atom. The lowest BCUT2D eigenvalue weighted by Crippen LogP contribution is -2.15. The lowest BCUT2D eigenvalue weighted by Gasteiger charge is -2.11. The molecule has 4 aromatic rings. The second-order valence-corrected chi connectivity index (χ2v) is 7.86. The Hall–Kier alpha value is -3.51. The van der Waals surface area contributed by atoms with Gasteiger partial charge in [-0.05, 0) is 37.3 Å². The number of carbonyl (C=O) groups excluding carboxylic acids is 2. The molecule has 0 aliphatic heterocycles. The minimum absolute atomic E-state index is 0.262. The number of halogens is 1. The van der Waals surface area contributed by atoms with Gasteiger partial charge in [0.05, 0.1) is 11.1 Å². The van der Waals surface area contributed by atoms with Crippen LogP contribution in [-0.4, -0.2) is 23.3 Å². The highest BCUT2D eigenvalue weighted by atomic mass is 79.9. The number of para-hydroxylation sites is 1. The molecule has 0 bridgehead atoms. The highest BCUT2D eigenvalue weighted by molar-refractivity contribution is 9.10. The fourth-order valence-corrected chi connectivity index (χ4v) is 3.29. The molecule has 154 valence electrons. The van der Waals surface area contributed by atoms with E-state index in [9.17, 15) is 9.59 Å². The van der Waals surface area contributed by atoms with E-state index in [2.05, 4.69) is 20.9 Å². The minimum Gasteiger partial charge on any atom is -0.454 e. The molecule has 0 radical (unpaired) electrons. The first-order valence-electron chi connectivity index (χ1n) is 9.60. The standard InChI is InChI=1S/C25H18BrNO4/c1-16-6-8-17(9-7-16)23(28)15-30-25(29)21-14-24(27-22-5-3-2-4-20(21)22)31-19-12-10-18(26)11-13-19/h2-14H,15H2,1H3. The van der Waals surface area contributed by atoms with Crippen molar-refractivity contribution in [1.82, 2.24) is 4.98 Å². The van der Waals surface area contributed by atoms with Gasteiger partial charge in [-0.15, -0.1) is 0 Å². The van der Waals surface area contributed by atoms with Gasteiger partial charge in [-0.2, -0.15) is 0 Å². The number of benzene rings is 3. The van der Waals surface area contributed by atoms with Crippen LogP contribution in [0, 0.1) is 6.92 Å². The summed E-state index contributed by atoms with van der Waals surface area (Å²) in [6, 6.07) is 23.2. The second kappa shape index (κ2) is 9.10. The van der Waals surface area contributed by atoms with E-state index in [-0.39, 0.29) is 23.8 Å². The number of hydrogen-bond acceptors (Lipinski definition) is 5. The summed E-state index contributed by atoms with van der Waals surface area (Å²) in [5.41, 5.74) is 2.43. The smallest absolute Gasteiger partial charge is 0.339 e. The summed E-state index contributed by atoms with van der Waals surface area (Å²) in [6.45, 7) is 1.60. The van der Waals surface area contributed by atoms with E-state index in [0.29, 0.717) is 22.2 Å². The molecule has 31 heavy (non-hydrogen) atoms. The average Bonchev–Trinajstić information content (AvgIpc) is 2.78. The molecule has 0 saturated heterocycles. The highest BCUT2D eigenvalue weighted by Gasteiger charge is 2.17. The zero-order valence-electron chi connectivity index (χ0n) is 16.7. The molecule has 1 aromatic heterocycles. The van der Waals surface area contributed by atoms with Crippen molar-refractivity contribution in [1.29, 1.82) is 0 Å². The molecule has 0 aliphatic rings. The van der Waals surface area contributed by atoms with Gasteiger partial charge in [0, 0.05) is 21.5 Å². The van der Waals surface area contributed by atoms with Gasteiger partial charge in [0.25, 0.3) is 0 Å². The molecular formula is C25H18BrNO4. The van der Waals surface area contributed by atoms with Crippen LogP contribution >= 0.6 is 15.9 Å². The maximum atomic E-state index is 12.8. The van der Waals surface area contributed by atoms with Crippen molar-refractivity contribution < 1.29 is 19.1 Å². The number of pyridine rings is 1.